The Morgan fingerprint density at radius 2 is 0.780 bits per heavy atom. The van der Waals surface area contributed by atoms with Crippen LogP contribution in [0, 0.1) is 0 Å². The van der Waals surface area contributed by atoms with Crippen LogP contribution in [-0.4, -0.2) is 19.5 Å². The molecule has 0 aliphatic heterocycles. The van der Waals surface area contributed by atoms with Crippen molar-refractivity contribution < 1.29 is 0 Å². The quantitative estimate of drug-likeness (QED) is 0.163. The number of para-hydroxylation sites is 2. The summed E-state index contributed by atoms with van der Waals surface area (Å²) in [4.78, 5) is 16.0. The lowest BCUT2D eigenvalue weighted by Crippen LogP contribution is -2.04. The molecule has 0 aliphatic rings. The van der Waals surface area contributed by atoms with Crippen LogP contribution in [0.25, 0.3) is 106 Å². The Hall–Kier alpha value is -7.95. The van der Waals surface area contributed by atoms with E-state index in [4.69, 9.17) is 15.0 Å². The van der Waals surface area contributed by atoms with Crippen molar-refractivity contribution in [2.75, 3.05) is 0 Å². The van der Waals surface area contributed by atoms with Gasteiger partial charge < -0.3 is 4.57 Å². The zero-order chi connectivity index (χ0) is 39.1. The number of nitrogens with zero attached hydrogens (tertiary/aromatic N) is 4. The van der Waals surface area contributed by atoms with Crippen molar-refractivity contribution in [2.24, 2.45) is 0 Å². The summed E-state index contributed by atoms with van der Waals surface area (Å²) in [5.74, 6) is 1.83. The predicted octanol–water partition coefficient (Wildman–Crippen LogP) is 14.1. The summed E-state index contributed by atoms with van der Waals surface area (Å²) in [7, 11) is 0. The molecule has 4 heteroatoms. The molecular weight excluding hydrogens is 717 g/mol. The second-order valence-electron chi connectivity index (χ2n) is 14.8. The van der Waals surface area contributed by atoms with E-state index in [1.54, 1.807) is 0 Å². The molecule has 11 rings (SSSR count). The van der Waals surface area contributed by atoms with Crippen molar-refractivity contribution in [1.82, 2.24) is 19.5 Å². The second kappa shape index (κ2) is 14.5. The third kappa shape index (κ3) is 6.24. The van der Waals surface area contributed by atoms with Gasteiger partial charge in [-0.1, -0.05) is 182 Å². The minimum atomic E-state index is 0.600. The Morgan fingerprint density at radius 1 is 0.271 bits per heavy atom. The van der Waals surface area contributed by atoms with Crippen LogP contribution in [0.1, 0.15) is 0 Å². The first-order valence-corrected chi connectivity index (χ1v) is 19.9. The summed E-state index contributed by atoms with van der Waals surface area (Å²) < 4.78 is 2.38. The maximum atomic E-state index is 5.40. The van der Waals surface area contributed by atoms with Gasteiger partial charge in [0.05, 0.1) is 16.7 Å². The summed E-state index contributed by atoms with van der Waals surface area (Å²) in [6, 6.07) is 77.0. The molecule has 0 spiro atoms. The predicted molar refractivity (Wildman–Crippen MR) is 244 cm³/mol. The molecule has 0 saturated heterocycles. The molecule has 0 atom stereocenters. The molecule has 0 bridgehead atoms. The van der Waals surface area contributed by atoms with Crippen LogP contribution in [0.4, 0.5) is 0 Å². The molecule has 2 aromatic heterocycles. The summed E-state index contributed by atoms with van der Waals surface area (Å²) in [5.41, 5.74) is 12.7. The van der Waals surface area contributed by atoms with Gasteiger partial charge in [0.1, 0.15) is 0 Å². The molecule has 276 valence electrons. The Balaban J connectivity index is 1.19. The number of hydrogen-bond acceptors (Lipinski definition) is 3. The molecule has 59 heavy (non-hydrogen) atoms. The van der Waals surface area contributed by atoms with E-state index in [2.05, 4.69) is 217 Å². The van der Waals surface area contributed by atoms with Gasteiger partial charge in [-0.15, -0.1) is 0 Å². The largest absolute Gasteiger partial charge is 0.308 e. The van der Waals surface area contributed by atoms with E-state index in [-0.39, 0.29) is 0 Å². The topological polar surface area (TPSA) is 43.6 Å². The monoisotopic (exact) mass is 752 g/mol. The maximum absolute atomic E-state index is 5.40. The fourth-order valence-electron chi connectivity index (χ4n) is 8.40. The minimum absolute atomic E-state index is 0.600. The highest BCUT2D eigenvalue weighted by Crippen LogP contribution is 2.40. The number of benzene rings is 9. The van der Waals surface area contributed by atoms with Crippen molar-refractivity contribution in [1.29, 1.82) is 0 Å². The van der Waals surface area contributed by atoms with Crippen molar-refractivity contribution >= 4 is 32.6 Å². The van der Waals surface area contributed by atoms with Gasteiger partial charge in [-0.3, -0.25) is 0 Å². The first kappa shape index (κ1) is 34.3. The smallest absolute Gasteiger partial charge is 0.166 e. The van der Waals surface area contributed by atoms with E-state index in [0.717, 1.165) is 61.1 Å². The molecule has 9 aromatic carbocycles. The lowest BCUT2D eigenvalue weighted by atomic mass is 9.97. The van der Waals surface area contributed by atoms with Crippen LogP contribution in [0.15, 0.2) is 218 Å². The van der Waals surface area contributed by atoms with Crippen LogP contribution >= 0.6 is 0 Å². The first-order valence-electron chi connectivity index (χ1n) is 19.9. The van der Waals surface area contributed by atoms with Crippen LogP contribution in [0.5, 0.6) is 0 Å². The van der Waals surface area contributed by atoms with Gasteiger partial charge in [0.25, 0.3) is 0 Å². The molecule has 2 heterocycles. The number of aromatic nitrogens is 4. The Morgan fingerprint density at radius 3 is 1.51 bits per heavy atom. The van der Waals surface area contributed by atoms with Gasteiger partial charge in [-0.25, -0.2) is 15.0 Å². The van der Waals surface area contributed by atoms with Crippen molar-refractivity contribution in [2.45, 2.75) is 0 Å². The molecule has 0 saturated carbocycles. The number of hydrogen-bond donors (Lipinski definition) is 0. The van der Waals surface area contributed by atoms with Gasteiger partial charge >= 0.3 is 0 Å². The molecule has 0 radical (unpaired) electrons. The van der Waals surface area contributed by atoms with Gasteiger partial charge in [-0.2, -0.15) is 0 Å². The lowest BCUT2D eigenvalue weighted by Gasteiger charge is -2.17. The zero-order valence-corrected chi connectivity index (χ0v) is 32.1. The summed E-state index contributed by atoms with van der Waals surface area (Å²) >= 11 is 0. The van der Waals surface area contributed by atoms with Crippen molar-refractivity contribution in [3.05, 3.63) is 218 Å². The average molecular weight is 753 g/mol. The zero-order valence-electron chi connectivity index (χ0n) is 32.1. The van der Waals surface area contributed by atoms with Crippen LogP contribution < -0.4 is 0 Å². The van der Waals surface area contributed by atoms with Gasteiger partial charge in [0.2, 0.25) is 0 Å². The maximum Gasteiger partial charge on any atom is 0.166 e. The van der Waals surface area contributed by atoms with E-state index in [1.165, 1.54) is 27.3 Å². The first-order chi connectivity index (χ1) is 29.2. The normalized spacial score (nSPS) is 11.4. The third-order valence-corrected chi connectivity index (χ3v) is 11.3. The van der Waals surface area contributed by atoms with Crippen molar-refractivity contribution in [3.63, 3.8) is 0 Å². The summed E-state index contributed by atoms with van der Waals surface area (Å²) in [5, 5.41) is 4.68. The second-order valence-corrected chi connectivity index (χ2v) is 14.8. The molecule has 0 aliphatic carbocycles. The SMILES string of the molecule is c1ccc(-c2cccc(-c3ccc(-c4nc(-c5ccc6ccccc6c5)nc(-c5ccccc5-c5ccccc5)n4)c(-n4c5ccccc5c5ccccc54)c3)c2)cc1. The molecule has 0 fully saturated rings. The highest BCUT2D eigenvalue weighted by Gasteiger charge is 2.21. The van der Waals surface area contributed by atoms with E-state index >= 15 is 0 Å². The fourth-order valence-corrected chi connectivity index (χ4v) is 8.40. The lowest BCUT2D eigenvalue weighted by molar-refractivity contribution is 1.07. The van der Waals surface area contributed by atoms with E-state index in [1.807, 2.05) is 6.07 Å². The molecule has 4 nitrogen and oxygen atoms in total. The number of fused-ring (bicyclic) bond motifs is 4. The van der Waals surface area contributed by atoms with Crippen molar-refractivity contribution in [3.8, 4) is 73.2 Å². The van der Waals surface area contributed by atoms with Crippen LogP contribution in [-0.2, 0) is 0 Å². The molecule has 0 unspecified atom stereocenters. The van der Waals surface area contributed by atoms with Gasteiger partial charge in [-0.05, 0) is 80.6 Å². The van der Waals surface area contributed by atoms with Crippen LogP contribution in [0.3, 0.4) is 0 Å². The Labute approximate surface area is 342 Å². The minimum Gasteiger partial charge on any atom is -0.308 e. The number of rotatable bonds is 7. The summed E-state index contributed by atoms with van der Waals surface area (Å²) in [6.07, 6.45) is 0. The molecule has 0 amide bonds. The summed E-state index contributed by atoms with van der Waals surface area (Å²) in [6.45, 7) is 0. The highest BCUT2D eigenvalue weighted by atomic mass is 15.1. The van der Waals surface area contributed by atoms with E-state index in [9.17, 15) is 0 Å². The Kier molecular flexibility index (Phi) is 8.45. The van der Waals surface area contributed by atoms with Crippen LogP contribution in [0.2, 0.25) is 0 Å². The van der Waals surface area contributed by atoms with Gasteiger partial charge in [0.15, 0.2) is 17.5 Å². The molecule has 0 N–H and O–H groups in total. The molecular formula is C55H36N4. The van der Waals surface area contributed by atoms with E-state index in [0.29, 0.717) is 17.5 Å². The highest BCUT2D eigenvalue weighted by molar-refractivity contribution is 6.10. The Bertz CT molecular complexity index is 3280. The third-order valence-electron chi connectivity index (χ3n) is 11.3. The fraction of sp³-hybridized carbons (Fsp3) is 0. The molecule has 11 aromatic rings. The van der Waals surface area contributed by atoms with E-state index < -0.39 is 0 Å². The average Bonchev–Trinajstić information content (AvgIpc) is 3.66. The standard InChI is InChI=1S/C55H36N4/c1-3-16-37(17-4-1)41-22-15-23-42(34-41)43-32-33-49(52(36-43)59-50-28-13-11-25-46(50)47-26-12-14-29-51(47)59)55-57-53(44-31-30-38-18-7-8-21-40(38)35-44)56-54(58-55)48-27-10-9-24-45(48)39-19-5-2-6-20-39/h1-36H. The van der Waals surface area contributed by atoms with Gasteiger partial charge in [0, 0.05) is 27.5 Å².